The van der Waals surface area contributed by atoms with Crippen molar-refractivity contribution in [2.75, 3.05) is 7.11 Å². The van der Waals surface area contributed by atoms with Crippen LogP contribution in [-0.4, -0.2) is 12.1 Å². The van der Waals surface area contributed by atoms with Gasteiger partial charge in [-0.1, -0.05) is 24.3 Å². The number of pyridine rings is 1. The predicted molar refractivity (Wildman–Crippen MR) is 76.7 cm³/mol. The molecular weight excluding hydrogens is 236 g/mol. The third kappa shape index (κ3) is 4.16. The van der Waals surface area contributed by atoms with Crippen LogP contribution in [0.15, 0.2) is 42.7 Å². The third-order valence-corrected chi connectivity index (χ3v) is 3.12. The fraction of sp³-hybridized carbons (Fsp3) is 0.312. The summed E-state index contributed by atoms with van der Waals surface area (Å²) in [6, 6.07) is 10.6. The Morgan fingerprint density at radius 1 is 1.05 bits per heavy atom. The topological polar surface area (TPSA) is 34.1 Å². The summed E-state index contributed by atoms with van der Waals surface area (Å²) < 4.78 is 5.10. The van der Waals surface area contributed by atoms with Gasteiger partial charge in [-0.05, 0) is 35.2 Å². The van der Waals surface area contributed by atoms with Crippen molar-refractivity contribution in [2.45, 2.75) is 26.6 Å². The summed E-state index contributed by atoms with van der Waals surface area (Å²) in [6.07, 6.45) is 3.74. The van der Waals surface area contributed by atoms with Gasteiger partial charge in [0.1, 0.15) is 0 Å². The van der Waals surface area contributed by atoms with Crippen molar-refractivity contribution in [3.63, 3.8) is 0 Å². The van der Waals surface area contributed by atoms with E-state index in [2.05, 4.69) is 47.6 Å². The summed E-state index contributed by atoms with van der Waals surface area (Å²) in [4.78, 5) is 4.10. The van der Waals surface area contributed by atoms with Gasteiger partial charge < -0.3 is 10.1 Å². The zero-order valence-corrected chi connectivity index (χ0v) is 11.5. The Bertz CT molecular complexity index is 508. The van der Waals surface area contributed by atoms with Gasteiger partial charge in [-0.15, -0.1) is 0 Å². The van der Waals surface area contributed by atoms with Gasteiger partial charge in [0, 0.05) is 32.6 Å². The highest BCUT2D eigenvalue weighted by Gasteiger charge is 1.98. The number of aryl methyl sites for hydroxylation is 1. The fourth-order valence-corrected chi connectivity index (χ4v) is 1.96. The van der Waals surface area contributed by atoms with E-state index in [4.69, 9.17) is 4.74 Å². The molecule has 0 fully saturated rings. The maximum atomic E-state index is 5.10. The summed E-state index contributed by atoms with van der Waals surface area (Å²) in [5, 5.41) is 3.45. The molecule has 0 saturated carbocycles. The highest BCUT2D eigenvalue weighted by molar-refractivity contribution is 5.23. The first-order valence-electron chi connectivity index (χ1n) is 6.46. The molecule has 2 aromatic rings. The van der Waals surface area contributed by atoms with Gasteiger partial charge in [-0.25, -0.2) is 0 Å². The zero-order valence-electron chi connectivity index (χ0n) is 11.5. The molecule has 3 heteroatoms. The molecule has 0 saturated heterocycles. The van der Waals surface area contributed by atoms with Crippen LogP contribution in [0.1, 0.15) is 22.3 Å². The first kappa shape index (κ1) is 13.7. The molecule has 2 rings (SSSR count). The standard InChI is InChI=1S/C16H20N2O/c1-13-9-17-8-7-16(13)11-18-10-14-3-5-15(6-4-14)12-19-2/h3-9,18H,10-12H2,1-2H3. The van der Waals surface area contributed by atoms with E-state index in [1.165, 1.54) is 22.3 Å². The number of hydrogen-bond donors (Lipinski definition) is 1. The van der Waals surface area contributed by atoms with Crippen molar-refractivity contribution in [1.82, 2.24) is 10.3 Å². The second-order valence-electron chi connectivity index (χ2n) is 4.66. The molecule has 0 aliphatic heterocycles. The summed E-state index contributed by atoms with van der Waals surface area (Å²) in [6.45, 7) is 4.50. The van der Waals surface area contributed by atoms with Gasteiger partial charge in [-0.2, -0.15) is 0 Å². The molecular formula is C16H20N2O. The molecule has 3 nitrogen and oxygen atoms in total. The van der Waals surface area contributed by atoms with Crippen LogP contribution in [-0.2, 0) is 24.4 Å². The number of aromatic nitrogens is 1. The molecule has 1 heterocycles. The van der Waals surface area contributed by atoms with Crippen LogP contribution in [0.4, 0.5) is 0 Å². The average molecular weight is 256 g/mol. The zero-order chi connectivity index (χ0) is 13.5. The van der Waals surface area contributed by atoms with Gasteiger partial charge in [-0.3, -0.25) is 4.98 Å². The molecule has 0 atom stereocenters. The number of nitrogens with one attached hydrogen (secondary N) is 1. The number of methoxy groups -OCH3 is 1. The maximum Gasteiger partial charge on any atom is 0.0713 e. The van der Waals surface area contributed by atoms with E-state index >= 15 is 0 Å². The van der Waals surface area contributed by atoms with E-state index in [1.807, 2.05) is 12.4 Å². The lowest BCUT2D eigenvalue weighted by Gasteiger charge is -2.08. The van der Waals surface area contributed by atoms with Crippen LogP contribution in [0.25, 0.3) is 0 Å². The van der Waals surface area contributed by atoms with Crippen LogP contribution in [0, 0.1) is 6.92 Å². The van der Waals surface area contributed by atoms with Crippen molar-refractivity contribution < 1.29 is 4.74 Å². The van der Waals surface area contributed by atoms with E-state index in [0.717, 1.165) is 13.1 Å². The first-order valence-corrected chi connectivity index (χ1v) is 6.46. The van der Waals surface area contributed by atoms with Crippen molar-refractivity contribution >= 4 is 0 Å². The molecule has 100 valence electrons. The number of ether oxygens (including phenoxy) is 1. The lowest BCUT2D eigenvalue weighted by molar-refractivity contribution is 0.185. The lowest BCUT2D eigenvalue weighted by Crippen LogP contribution is -2.13. The Morgan fingerprint density at radius 3 is 2.47 bits per heavy atom. The molecule has 19 heavy (non-hydrogen) atoms. The normalized spacial score (nSPS) is 10.6. The smallest absolute Gasteiger partial charge is 0.0713 e. The number of nitrogens with zero attached hydrogens (tertiary/aromatic N) is 1. The third-order valence-electron chi connectivity index (χ3n) is 3.12. The van der Waals surface area contributed by atoms with Crippen molar-refractivity contribution in [3.8, 4) is 0 Å². The fourth-order valence-electron chi connectivity index (χ4n) is 1.96. The molecule has 1 aromatic heterocycles. The Kier molecular flexibility index (Phi) is 5.07. The number of rotatable bonds is 6. The summed E-state index contributed by atoms with van der Waals surface area (Å²) in [5.41, 5.74) is 5.01. The predicted octanol–water partition coefficient (Wildman–Crippen LogP) is 2.83. The molecule has 0 spiro atoms. The summed E-state index contributed by atoms with van der Waals surface area (Å²) >= 11 is 0. The van der Waals surface area contributed by atoms with Crippen LogP contribution >= 0.6 is 0 Å². The molecule has 0 unspecified atom stereocenters. The minimum absolute atomic E-state index is 0.671. The van der Waals surface area contributed by atoms with E-state index in [0.29, 0.717) is 6.61 Å². The highest BCUT2D eigenvalue weighted by Crippen LogP contribution is 2.07. The van der Waals surface area contributed by atoms with Crippen LogP contribution < -0.4 is 5.32 Å². The minimum atomic E-state index is 0.671. The van der Waals surface area contributed by atoms with Crippen molar-refractivity contribution in [3.05, 3.63) is 65.0 Å². The summed E-state index contributed by atoms with van der Waals surface area (Å²) in [7, 11) is 1.71. The van der Waals surface area contributed by atoms with E-state index in [-0.39, 0.29) is 0 Å². The minimum Gasteiger partial charge on any atom is -0.380 e. The van der Waals surface area contributed by atoms with Crippen LogP contribution in [0.5, 0.6) is 0 Å². The van der Waals surface area contributed by atoms with E-state index in [1.54, 1.807) is 7.11 Å². The second-order valence-corrected chi connectivity index (χ2v) is 4.66. The average Bonchev–Trinajstić information content (AvgIpc) is 2.43. The van der Waals surface area contributed by atoms with Crippen LogP contribution in [0.3, 0.4) is 0 Å². The van der Waals surface area contributed by atoms with Gasteiger partial charge in [0.2, 0.25) is 0 Å². The SMILES string of the molecule is COCc1ccc(CNCc2ccncc2C)cc1. The van der Waals surface area contributed by atoms with Crippen molar-refractivity contribution in [1.29, 1.82) is 0 Å². The Morgan fingerprint density at radius 2 is 1.79 bits per heavy atom. The van der Waals surface area contributed by atoms with E-state index in [9.17, 15) is 0 Å². The molecule has 1 aromatic carbocycles. The molecule has 0 bridgehead atoms. The quantitative estimate of drug-likeness (QED) is 0.863. The largest absolute Gasteiger partial charge is 0.380 e. The monoisotopic (exact) mass is 256 g/mol. The van der Waals surface area contributed by atoms with Gasteiger partial charge in [0.25, 0.3) is 0 Å². The van der Waals surface area contributed by atoms with Crippen molar-refractivity contribution in [2.24, 2.45) is 0 Å². The molecule has 0 aliphatic carbocycles. The Hall–Kier alpha value is -1.71. The second kappa shape index (κ2) is 7.02. The molecule has 1 N–H and O–H groups in total. The summed E-state index contributed by atoms with van der Waals surface area (Å²) in [5.74, 6) is 0. The number of benzene rings is 1. The van der Waals surface area contributed by atoms with Gasteiger partial charge in [0.05, 0.1) is 6.61 Å². The number of hydrogen-bond acceptors (Lipinski definition) is 3. The Balaban J connectivity index is 1.84. The maximum absolute atomic E-state index is 5.10. The molecule has 0 radical (unpaired) electrons. The first-order chi connectivity index (χ1) is 9.29. The van der Waals surface area contributed by atoms with Gasteiger partial charge in [0.15, 0.2) is 0 Å². The highest BCUT2D eigenvalue weighted by atomic mass is 16.5. The van der Waals surface area contributed by atoms with E-state index < -0.39 is 0 Å². The molecule has 0 amide bonds. The van der Waals surface area contributed by atoms with Gasteiger partial charge >= 0.3 is 0 Å². The van der Waals surface area contributed by atoms with Crippen LogP contribution in [0.2, 0.25) is 0 Å². The molecule has 0 aliphatic rings. The lowest BCUT2D eigenvalue weighted by atomic mass is 10.1. The Labute approximate surface area is 114 Å².